The van der Waals surface area contributed by atoms with Gasteiger partial charge in [-0.05, 0) is 25.0 Å². The average Bonchev–Trinajstić information content (AvgIpc) is 2.37. The molecule has 0 amide bonds. The predicted octanol–water partition coefficient (Wildman–Crippen LogP) is 2.17. The minimum Gasteiger partial charge on any atom is -0.476 e. The van der Waals surface area contributed by atoms with Crippen molar-refractivity contribution in [3.8, 4) is 5.88 Å². The number of ether oxygens (including phenoxy) is 2. The molecule has 0 saturated heterocycles. The van der Waals surface area contributed by atoms with Gasteiger partial charge in [-0.15, -0.1) is 0 Å². The summed E-state index contributed by atoms with van der Waals surface area (Å²) in [6, 6.07) is 3.72. The van der Waals surface area contributed by atoms with E-state index in [2.05, 4.69) is 18.8 Å². The van der Waals surface area contributed by atoms with E-state index in [-0.39, 0.29) is 0 Å². The van der Waals surface area contributed by atoms with Crippen molar-refractivity contribution in [1.29, 1.82) is 0 Å². The minimum atomic E-state index is 0.445. The summed E-state index contributed by atoms with van der Waals surface area (Å²) < 4.78 is 11.0. The van der Waals surface area contributed by atoms with Crippen LogP contribution < -0.4 is 15.4 Å². The highest BCUT2D eigenvalue weighted by Gasteiger charge is 2.08. The largest absolute Gasteiger partial charge is 0.476 e. The molecule has 0 spiro atoms. The summed E-state index contributed by atoms with van der Waals surface area (Å²) in [5, 5.41) is 0. The number of nitrogens with two attached hydrogens (primary N) is 1. The molecular formula is C14H25N3O2. The number of aromatic nitrogens is 1. The Morgan fingerprint density at radius 3 is 2.74 bits per heavy atom. The van der Waals surface area contributed by atoms with Crippen molar-refractivity contribution < 1.29 is 9.47 Å². The standard InChI is InChI=1S/C14H25N3O2/c1-5-18-9-8-17(4)13-7-6-12(15)14(16-13)19-10-11(2)3/h6-7,11H,5,8-10,15H2,1-4H3. The number of pyridine rings is 1. The lowest BCUT2D eigenvalue weighted by Crippen LogP contribution is -2.23. The maximum atomic E-state index is 5.87. The lowest BCUT2D eigenvalue weighted by atomic mass is 10.2. The van der Waals surface area contributed by atoms with Gasteiger partial charge in [0, 0.05) is 20.2 Å². The third-order valence-electron chi connectivity index (χ3n) is 2.59. The molecule has 0 aromatic carbocycles. The van der Waals surface area contributed by atoms with Crippen molar-refractivity contribution in [2.75, 3.05) is 44.0 Å². The van der Waals surface area contributed by atoms with Gasteiger partial charge >= 0.3 is 0 Å². The van der Waals surface area contributed by atoms with Crippen LogP contribution in [0.2, 0.25) is 0 Å². The van der Waals surface area contributed by atoms with Crippen molar-refractivity contribution in [2.45, 2.75) is 20.8 Å². The zero-order chi connectivity index (χ0) is 14.3. The molecule has 0 aliphatic carbocycles. The molecule has 19 heavy (non-hydrogen) atoms. The number of hydrogen-bond acceptors (Lipinski definition) is 5. The molecule has 5 nitrogen and oxygen atoms in total. The van der Waals surface area contributed by atoms with E-state index in [0.29, 0.717) is 30.7 Å². The molecule has 0 unspecified atom stereocenters. The number of nitrogen functional groups attached to an aromatic ring is 1. The van der Waals surface area contributed by atoms with E-state index in [9.17, 15) is 0 Å². The van der Waals surface area contributed by atoms with E-state index in [1.807, 2.05) is 31.0 Å². The lowest BCUT2D eigenvalue weighted by molar-refractivity contribution is 0.154. The van der Waals surface area contributed by atoms with Gasteiger partial charge in [-0.3, -0.25) is 0 Å². The molecule has 0 saturated carbocycles. The van der Waals surface area contributed by atoms with Gasteiger partial charge in [-0.1, -0.05) is 13.8 Å². The molecule has 1 heterocycles. The zero-order valence-electron chi connectivity index (χ0n) is 12.3. The third-order valence-corrected chi connectivity index (χ3v) is 2.59. The van der Waals surface area contributed by atoms with Crippen LogP contribution >= 0.6 is 0 Å². The Balaban J connectivity index is 2.66. The SMILES string of the molecule is CCOCCN(C)c1ccc(N)c(OCC(C)C)n1. The highest BCUT2D eigenvalue weighted by molar-refractivity contribution is 5.54. The first-order valence-electron chi connectivity index (χ1n) is 6.72. The maximum absolute atomic E-state index is 5.87. The van der Waals surface area contributed by atoms with E-state index in [1.165, 1.54) is 0 Å². The Labute approximate surface area is 115 Å². The molecule has 5 heteroatoms. The van der Waals surface area contributed by atoms with Gasteiger partial charge in [0.1, 0.15) is 5.82 Å². The highest BCUT2D eigenvalue weighted by Crippen LogP contribution is 2.22. The number of nitrogens with zero attached hydrogens (tertiary/aromatic N) is 2. The zero-order valence-corrected chi connectivity index (χ0v) is 12.3. The number of likely N-dealkylation sites (N-methyl/N-ethyl adjacent to an activating group) is 1. The second-order valence-corrected chi connectivity index (χ2v) is 4.89. The molecule has 0 aliphatic heterocycles. The third kappa shape index (κ3) is 5.34. The minimum absolute atomic E-state index is 0.445. The summed E-state index contributed by atoms with van der Waals surface area (Å²) in [5.74, 6) is 1.79. The molecule has 1 rings (SSSR count). The summed E-state index contributed by atoms with van der Waals surface area (Å²) in [4.78, 5) is 6.47. The van der Waals surface area contributed by atoms with Crippen LogP contribution in [0.5, 0.6) is 5.88 Å². The molecule has 1 aromatic rings. The molecule has 2 N–H and O–H groups in total. The van der Waals surface area contributed by atoms with Crippen LogP contribution in [0, 0.1) is 5.92 Å². The summed E-state index contributed by atoms with van der Waals surface area (Å²) in [7, 11) is 1.98. The summed E-state index contributed by atoms with van der Waals surface area (Å²) in [5.41, 5.74) is 6.44. The fraction of sp³-hybridized carbons (Fsp3) is 0.643. The Morgan fingerprint density at radius 1 is 1.37 bits per heavy atom. The van der Waals surface area contributed by atoms with Crippen LogP contribution in [0.15, 0.2) is 12.1 Å². The molecule has 0 radical (unpaired) electrons. The quantitative estimate of drug-likeness (QED) is 0.731. The monoisotopic (exact) mass is 267 g/mol. The van der Waals surface area contributed by atoms with Gasteiger partial charge in [0.15, 0.2) is 0 Å². The van der Waals surface area contributed by atoms with Gasteiger partial charge in [-0.25, -0.2) is 0 Å². The smallest absolute Gasteiger partial charge is 0.239 e. The molecule has 1 aromatic heterocycles. The first-order valence-corrected chi connectivity index (χ1v) is 6.72. The van der Waals surface area contributed by atoms with Crippen molar-refractivity contribution >= 4 is 11.5 Å². The van der Waals surface area contributed by atoms with Gasteiger partial charge in [-0.2, -0.15) is 4.98 Å². The topological polar surface area (TPSA) is 60.6 Å². The molecular weight excluding hydrogens is 242 g/mol. The first kappa shape index (κ1) is 15.6. The van der Waals surface area contributed by atoms with Gasteiger partial charge in [0.05, 0.1) is 18.9 Å². The number of rotatable bonds is 8. The van der Waals surface area contributed by atoms with Crippen LogP contribution in [-0.4, -0.2) is 38.4 Å². The fourth-order valence-corrected chi connectivity index (χ4v) is 1.48. The van der Waals surface area contributed by atoms with Crippen LogP contribution in [0.1, 0.15) is 20.8 Å². The van der Waals surface area contributed by atoms with Crippen molar-refractivity contribution in [2.24, 2.45) is 5.92 Å². The van der Waals surface area contributed by atoms with E-state index in [4.69, 9.17) is 15.2 Å². The number of anilines is 2. The Hall–Kier alpha value is -1.49. The normalized spacial score (nSPS) is 10.8. The summed E-state index contributed by atoms with van der Waals surface area (Å²) in [6.45, 7) is 8.98. The molecule has 0 atom stereocenters. The second-order valence-electron chi connectivity index (χ2n) is 4.89. The molecule has 0 aliphatic rings. The summed E-state index contributed by atoms with van der Waals surface area (Å²) in [6.07, 6.45) is 0. The van der Waals surface area contributed by atoms with Crippen LogP contribution in [-0.2, 0) is 4.74 Å². The fourth-order valence-electron chi connectivity index (χ4n) is 1.48. The molecule has 0 bridgehead atoms. The average molecular weight is 267 g/mol. The van der Waals surface area contributed by atoms with E-state index >= 15 is 0 Å². The molecule has 0 fully saturated rings. The van der Waals surface area contributed by atoms with Crippen molar-refractivity contribution in [3.05, 3.63) is 12.1 Å². The van der Waals surface area contributed by atoms with Gasteiger partial charge in [0.25, 0.3) is 0 Å². The van der Waals surface area contributed by atoms with Crippen molar-refractivity contribution in [1.82, 2.24) is 4.98 Å². The Kier molecular flexibility index (Phi) is 6.42. The Bertz CT molecular complexity index is 383. The van der Waals surface area contributed by atoms with Crippen LogP contribution in [0.3, 0.4) is 0 Å². The maximum Gasteiger partial charge on any atom is 0.239 e. The number of hydrogen-bond donors (Lipinski definition) is 1. The van der Waals surface area contributed by atoms with Gasteiger partial charge < -0.3 is 20.1 Å². The second kappa shape index (κ2) is 7.84. The van der Waals surface area contributed by atoms with Crippen molar-refractivity contribution in [3.63, 3.8) is 0 Å². The van der Waals surface area contributed by atoms with Gasteiger partial charge in [0.2, 0.25) is 5.88 Å². The summed E-state index contributed by atoms with van der Waals surface area (Å²) >= 11 is 0. The Morgan fingerprint density at radius 2 is 2.11 bits per heavy atom. The predicted molar refractivity (Wildman–Crippen MR) is 78.7 cm³/mol. The lowest BCUT2D eigenvalue weighted by Gasteiger charge is -2.19. The van der Waals surface area contributed by atoms with Crippen LogP contribution in [0.4, 0.5) is 11.5 Å². The molecule has 108 valence electrons. The highest BCUT2D eigenvalue weighted by atomic mass is 16.5. The van der Waals surface area contributed by atoms with E-state index < -0.39 is 0 Å². The van der Waals surface area contributed by atoms with Crippen LogP contribution in [0.25, 0.3) is 0 Å². The van der Waals surface area contributed by atoms with E-state index in [0.717, 1.165) is 19.0 Å². The van der Waals surface area contributed by atoms with E-state index in [1.54, 1.807) is 0 Å². The first-order chi connectivity index (χ1) is 9.04.